The van der Waals surface area contributed by atoms with Crippen molar-refractivity contribution in [1.82, 2.24) is 10.0 Å². The predicted molar refractivity (Wildman–Crippen MR) is 64.8 cm³/mol. The van der Waals surface area contributed by atoms with Crippen molar-refractivity contribution in [2.24, 2.45) is 5.92 Å². The number of hydrogen-bond donors (Lipinski definition) is 2. The van der Waals surface area contributed by atoms with Crippen molar-refractivity contribution in [2.45, 2.75) is 44.6 Å². The van der Waals surface area contributed by atoms with Gasteiger partial charge in [-0.1, -0.05) is 25.7 Å². The van der Waals surface area contributed by atoms with Crippen molar-refractivity contribution in [3.05, 3.63) is 0 Å². The summed E-state index contributed by atoms with van der Waals surface area (Å²) in [5.74, 6) is 0.625. The monoisotopic (exact) mass is 246 g/mol. The van der Waals surface area contributed by atoms with Gasteiger partial charge in [0.1, 0.15) is 0 Å². The highest BCUT2D eigenvalue weighted by Gasteiger charge is 2.26. The van der Waals surface area contributed by atoms with Crippen molar-refractivity contribution in [3.63, 3.8) is 0 Å². The van der Waals surface area contributed by atoms with Crippen molar-refractivity contribution >= 4 is 10.0 Å². The first-order chi connectivity index (χ1) is 7.66. The Labute approximate surface area is 98.2 Å². The van der Waals surface area contributed by atoms with E-state index in [1.54, 1.807) is 0 Å². The third-order valence-electron chi connectivity index (χ3n) is 3.52. The molecule has 0 bridgehead atoms. The van der Waals surface area contributed by atoms with Gasteiger partial charge in [0.15, 0.2) is 0 Å². The van der Waals surface area contributed by atoms with Gasteiger partial charge in [0.25, 0.3) is 0 Å². The molecule has 1 heterocycles. The van der Waals surface area contributed by atoms with Crippen LogP contribution in [0.5, 0.6) is 0 Å². The highest BCUT2D eigenvalue weighted by atomic mass is 32.2. The maximum absolute atomic E-state index is 11.9. The topological polar surface area (TPSA) is 58.2 Å². The van der Waals surface area contributed by atoms with E-state index in [4.69, 9.17) is 0 Å². The zero-order valence-electron chi connectivity index (χ0n) is 9.74. The summed E-state index contributed by atoms with van der Waals surface area (Å²) in [4.78, 5) is 0. The minimum Gasteiger partial charge on any atom is -0.316 e. The third-order valence-corrected chi connectivity index (χ3v) is 5.13. The highest BCUT2D eigenvalue weighted by molar-refractivity contribution is 7.89. The summed E-state index contributed by atoms with van der Waals surface area (Å²) < 4.78 is 26.6. The fourth-order valence-corrected chi connectivity index (χ4v) is 4.17. The Balaban J connectivity index is 1.81. The summed E-state index contributed by atoms with van der Waals surface area (Å²) in [6.45, 7) is 1.71. The molecule has 2 aliphatic rings. The van der Waals surface area contributed by atoms with E-state index >= 15 is 0 Å². The molecule has 1 aliphatic heterocycles. The van der Waals surface area contributed by atoms with Crippen LogP contribution in [-0.2, 0) is 10.0 Å². The standard InChI is InChI=1S/C11H22N2O2S/c14-16(15,9-10-7-12-8-10)13-11-5-3-1-2-4-6-11/h10-13H,1-9H2. The SMILES string of the molecule is O=S(=O)(CC1CNC1)NC1CCCCCC1. The van der Waals surface area contributed by atoms with Crippen LogP contribution in [0.1, 0.15) is 38.5 Å². The van der Waals surface area contributed by atoms with E-state index in [1.165, 1.54) is 12.8 Å². The van der Waals surface area contributed by atoms with Crippen molar-refractivity contribution < 1.29 is 8.42 Å². The van der Waals surface area contributed by atoms with Crippen LogP contribution in [-0.4, -0.2) is 33.3 Å². The Morgan fingerprint density at radius 1 is 1.06 bits per heavy atom. The molecule has 2 N–H and O–H groups in total. The molecule has 0 unspecified atom stereocenters. The molecule has 0 amide bonds. The van der Waals surface area contributed by atoms with Crippen LogP contribution < -0.4 is 10.0 Å². The fraction of sp³-hybridized carbons (Fsp3) is 1.00. The summed E-state index contributed by atoms with van der Waals surface area (Å²) in [5, 5.41) is 3.11. The van der Waals surface area contributed by atoms with Crippen LogP contribution in [0.3, 0.4) is 0 Å². The summed E-state index contributed by atoms with van der Waals surface area (Å²) in [7, 11) is -3.05. The molecule has 2 rings (SSSR count). The minimum absolute atomic E-state index is 0.195. The predicted octanol–water partition coefficient (Wildman–Crippen LogP) is 0.848. The van der Waals surface area contributed by atoms with E-state index in [9.17, 15) is 8.42 Å². The zero-order valence-corrected chi connectivity index (χ0v) is 10.6. The number of nitrogens with one attached hydrogen (secondary N) is 2. The molecule has 0 aromatic carbocycles. The molecule has 0 radical (unpaired) electrons. The smallest absolute Gasteiger partial charge is 0.212 e. The van der Waals surface area contributed by atoms with Gasteiger partial charge >= 0.3 is 0 Å². The van der Waals surface area contributed by atoms with Crippen LogP contribution in [0.4, 0.5) is 0 Å². The Hall–Kier alpha value is -0.130. The molecular weight excluding hydrogens is 224 g/mol. The van der Waals surface area contributed by atoms with E-state index in [2.05, 4.69) is 10.0 Å². The molecule has 2 fully saturated rings. The van der Waals surface area contributed by atoms with Gasteiger partial charge in [0, 0.05) is 19.1 Å². The van der Waals surface area contributed by atoms with Crippen LogP contribution in [0.2, 0.25) is 0 Å². The van der Waals surface area contributed by atoms with Crippen molar-refractivity contribution in [3.8, 4) is 0 Å². The van der Waals surface area contributed by atoms with Gasteiger partial charge < -0.3 is 5.32 Å². The summed E-state index contributed by atoms with van der Waals surface area (Å²) in [6, 6.07) is 0.195. The molecule has 5 heteroatoms. The van der Waals surface area contributed by atoms with Gasteiger partial charge in [0.2, 0.25) is 10.0 Å². The number of rotatable bonds is 4. The maximum Gasteiger partial charge on any atom is 0.212 e. The van der Waals surface area contributed by atoms with E-state index < -0.39 is 10.0 Å². The van der Waals surface area contributed by atoms with Gasteiger partial charge in [-0.15, -0.1) is 0 Å². The van der Waals surface area contributed by atoms with Gasteiger partial charge in [-0.2, -0.15) is 0 Å². The van der Waals surface area contributed by atoms with E-state index in [-0.39, 0.29) is 6.04 Å². The first kappa shape index (κ1) is 12.3. The molecule has 94 valence electrons. The van der Waals surface area contributed by atoms with Crippen molar-refractivity contribution in [2.75, 3.05) is 18.8 Å². The number of hydrogen-bond acceptors (Lipinski definition) is 3. The fourth-order valence-electron chi connectivity index (χ4n) is 2.48. The van der Waals surface area contributed by atoms with Crippen molar-refractivity contribution in [1.29, 1.82) is 0 Å². The normalized spacial score (nSPS) is 25.0. The van der Waals surface area contributed by atoms with Gasteiger partial charge in [-0.3, -0.25) is 0 Å². The quantitative estimate of drug-likeness (QED) is 0.723. The lowest BCUT2D eigenvalue weighted by molar-refractivity contribution is 0.375. The first-order valence-electron chi connectivity index (χ1n) is 6.36. The van der Waals surface area contributed by atoms with Gasteiger partial charge in [-0.25, -0.2) is 13.1 Å². The second kappa shape index (κ2) is 5.47. The molecule has 4 nitrogen and oxygen atoms in total. The molecule has 1 saturated heterocycles. The lowest BCUT2D eigenvalue weighted by Crippen LogP contribution is -2.48. The van der Waals surface area contributed by atoms with Gasteiger partial charge in [0.05, 0.1) is 5.75 Å². The molecule has 1 saturated carbocycles. The second-order valence-corrected chi connectivity index (χ2v) is 6.91. The Kier molecular flexibility index (Phi) is 4.21. The van der Waals surface area contributed by atoms with E-state index in [1.807, 2.05) is 0 Å². The molecule has 16 heavy (non-hydrogen) atoms. The second-order valence-electron chi connectivity index (χ2n) is 5.11. The molecule has 0 aromatic rings. The average Bonchev–Trinajstić information content (AvgIpc) is 2.40. The van der Waals surface area contributed by atoms with Crippen LogP contribution >= 0.6 is 0 Å². The average molecular weight is 246 g/mol. The van der Waals surface area contributed by atoms with E-state index in [0.717, 1.165) is 38.8 Å². The number of sulfonamides is 1. The summed E-state index contributed by atoms with van der Waals surface area (Å²) >= 11 is 0. The lowest BCUT2D eigenvalue weighted by atomic mass is 10.1. The van der Waals surface area contributed by atoms with Crippen LogP contribution in [0.25, 0.3) is 0 Å². The Morgan fingerprint density at radius 2 is 1.69 bits per heavy atom. The van der Waals surface area contributed by atoms with Gasteiger partial charge in [-0.05, 0) is 18.8 Å². The summed E-state index contributed by atoms with van der Waals surface area (Å²) in [5.41, 5.74) is 0. The van der Waals surface area contributed by atoms with Crippen LogP contribution in [0, 0.1) is 5.92 Å². The summed E-state index contributed by atoms with van der Waals surface area (Å²) in [6.07, 6.45) is 6.87. The minimum atomic E-state index is -3.05. The van der Waals surface area contributed by atoms with Crippen LogP contribution in [0.15, 0.2) is 0 Å². The molecular formula is C11H22N2O2S. The molecule has 0 spiro atoms. The molecule has 0 atom stereocenters. The zero-order chi connectivity index (χ0) is 11.4. The molecule has 0 aromatic heterocycles. The van der Waals surface area contributed by atoms with E-state index in [0.29, 0.717) is 11.7 Å². The first-order valence-corrected chi connectivity index (χ1v) is 8.02. The maximum atomic E-state index is 11.9. The molecule has 1 aliphatic carbocycles. The Bertz CT molecular complexity index is 304. The third kappa shape index (κ3) is 3.71. The lowest BCUT2D eigenvalue weighted by Gasteiger charge is -2.27. The highest BCUT2D eigenvalue weighted by Crippen LogP contribution is 2.18. The largest absolute Gasteiger partial charge is 0.316 e. The Morgan fingerprint density at radius 3 is 2.19 bits per heavy atom.